The maximum Gasteiger partial charge on any atom is 0.303 e. The van der Waals surface area contributed by atoms with Crippen molar-refractivity contribution in [1.29, 1.82) is 0 Å². The molecular formula is C14H34O3Si3. The van der Waals surface area contributed by atoms with E-state index in [1.807, 2.05) is 0 Å². The highest BCUT2D eigenvalue weighted by Gasteiger charge is 2.16. The molecule has 0 unspecified atom stereocenters. The summed E-state index contributed by atoms with van der Waals surface area (Å²) in [6, 6.07) is 1.22. The topological polar surface area (TPSA) is 27.7 Å². The molecule has 20 heavy (non-hydrogen) atoms. The van der Waals surface area contributed by atoms with E-state index in [1.165, 1.54) is 83.1 Å². The third-order valence-corrected chi connectivity index (χ3v) is 10.2. The fourth-order valence-electron chi connectivity index (χ4n) is 2.65. The summed E-state index contributed by atoms with van der Waals surface area (Å²) < 4.78 is 16.6. The SMILES string of the molecule is CCCCCCCCCCCCCC[SiH]1O[SiH2]O[SiH2]O1. The number of rotatable bonds is 13. The van der Waals surface area contributed by atoms with Gasteiger partial charge in [0.05, 0.1) is 0 Å². The quantitative estimate of drug-likeness (QED) is 0.383. The van der Waals surface area contributed by atoms with E-state index in [2.05, 4.69) is 6.92 Å². The molecule has 0 atom stereocenters. The lowest BCUT2D eigenvalue weighted by Gasteiger charge is -2.21. The van der Waals surface area contributed by atoms with E-state index in [9.17, 15) is 0 Å². The molecule has 0 radical (unpaired) electrons. The molecule has 1 fully saturated rings. The van der Waals surface area contributed by atoms with Gasteiger partial charge in [0, 0.05) is 0 Å². The van der Waals surface area contributed by atoms with E-state index < -0.39 is 29.3 Å². The molecule has 1 heterocycles. The van der Waals surface area contributed by atoms with Gasteiger partial charge < -0.3 is 12.3 Å². The van der Waals surface area contributed by atoms with Crippen LogP contribution in [0.4, 0.5) is 0 Å². The van der Waals surface area contributed by atoms with Gasteiger partial charge >= 0.3 is 9.28 Å². The Hall–Kier alpha value is 0.531. The molecule has 0 bridgehead atoms. The van der Waals surface area contributed by atoms with Crippen molar-refractivity contribution in [2.75, 3.05) is 0 Å². The molecule has 0 aromatic rings. The molecular weight excluding hydrogens is 300 g/mol. The van der Waals surface area contributed by atoms with Crippen molar-refractivity contribution >= 4 is 29.3 Å². The van der Waals surface area contributed by atoms with Crippen LogP contribution in [0.1, 0.15) is 84.0 Å². The molecule has 0 aliphatic carbocycles. The Balaban J connectivity index is 1.70. The summed E-state index contributed by atoms with van der Waals surface area (Å²) in [6.07, 6.45) is 17.0. The smallest absolute Gasteiger partial charge is 0.303 e. The highest BCUT2D eigenvalue weighted by Crippen LogP contribution is 2.13. The molecule has 0 aromatic heterocycles. The minimum Gasteiger partial charge on any atom is -0.425 e. The Kier molecular flexibility index (Phi) is 13.4. The first-order valence-electron chi connectivity index (χ1n) is 8.74. The second kappa shape index (κ2) is 14.5. The van der Waals surface area contributed by atoms with Crippen molar-refractivity contribution in [3.05, 3.63) is 0 Å². The van der Waals surface area contributed by atoms with E-state index in [-0.39, 0.29) is 0 Å². The Bertz CT molecular complexity index is 202. The maximum atomic E-state index is 5.65. The Morgan fingerprint density at radius 3 is 1.60 bits per heavy atom. The van der Waals surface area contributed by atoms with E-state index in [0.717, 1.165) is 0 Å². The highest BCUT2D eigenvalue weighted by molar-refractivity contribution is 6.61. The Morgan fingerprint density at radius 1 is 0.650 bits per heavy atom. The van der Waals surface area contributed by atoms with Gasteiger partial charge in [0.1, 0.15) is 0 Å². The minimum absolute atomic E-state index is 0.602. The molecule has 0 aromatic carbocycles. The van der Waals surface area contributed by atoms with Crippen molar-refractivity contribution in [1.82, 2.24) is 0 Å². The van der Waals surface area contributed by atoms with Crippen molar-refractivity contribution in [3.8, 4) is 0 Å². The van der Waals surface area contributed by atoms with E-state index >= 15 is 0 Å². The van der Waals surface area contributed by atoms with Crippen LogP contribution in [0, 0.1) is 0 Å². The zero-order chi connectivity index (χ0) is 14.3. The Labute approximate surface area is 132 Å². The van der Waals surface area contributed by atoms with Crippen LogP contribution in [0.5, 0.6) is 0 Å². The van der Waals surface area contributed by atoms with Crippen LogP contribution in [0.3, 0.4) is 0 Å². The predicted molar refractivity (Wildman–Crippen MR) is 93.4 cm³/mol. The van der Waals surface area contributed by atoms with E-state index in [4.69, 9.17) is 12.3 Å². The van der Waals surface area contributed by atoms with Gasteiger partial charge in [0.25, 0.3) is 20.0 Å². The van der Waals surface area contributed by atoms with Gasteiger partial charge in [-0.05, 0) is 6.04 Å². The second-order valence-corrected chi connectivity index (χ2v) is 12.1. The van der Waals surface area contributed by atoms with Crippen LogP contribution in [-0.2, 0) is 12.3 Å². The molecule has 1 aliphatic heterocycles. The third kappa shape index (κ3) is 11.2. The van der Waals surface area contributed by atoms with Crippen LogP contribution in [0.15, 0.2) is 0 Å². The first-order valence-corrected chi connectivity index (χ1v) is 12.8. The van der Waals surface area contributed by atoms with Gasteiger partial charge in [-0.2, -0.15) is 0 Å². The molecule has 1 saturated heterocycles. The zero-order valence-corrected chi connectivity index (χ0v) is 17.4. The summed E-state index contributed by atoms with van der Waals surface area (Å²) in [7, 11) is -2.42. The number of unbranched alkanes of at least 4 members (excludes halogenated alkanes) is 11. The van der Waals surface area contributed by atoms with Crippen molar-refractivity contribution < 1.29 is 12.3 Å². The first kappa shape index (κ1) is 18.6. The van der Waals surface area contributed by atoms with Crippen molar-refractivity contribution in [3.63, 3.8) is 0 Å². The highest BCUT2D eigenvalue weighted by atomic mass is 28.4. The molecule has 6 heteroatoms. The minimum atomic E-state index is -1.21. The number of hydrogen-bond donors (Lipinski definition) is 0. The first-order chi connectivity index (χ1) is 9.93. The third-order valence-electron chi connectivity index (χ3n) is 3.97. The van der Waals surface area contributed by atoms with Crippen LogP contribution in [0.2, 0.25) is 6.04 Å². The molecule has 0 spiro atoms. The van der Waals surface area contributed by atoms with Gasteiger partial charge in [-0.1, -0.05) is 84.0 Å². The van der Waals surface area contributed by atoms with Crippen LogP contribution in [-0.4, -0.2) is 29.3 Å². The van der Waals surface area contributed by atoms with Gasteiger partial charge in [-0.15, -0.1) is 0 Å². The molecule has 1 aliphatic rings. The summed E-state index contributed by atoms with van der Waals surface area (Å²) >= 11 is 0. The van der Waals surface area contributed by atoms with E-state index in [0.29, 0.717) is 0 Å². The molecule has 3 nitrogen and oxygen atoms in total. The molecule has 0 N–H and O–H groups in total. The Morgan fingerprint density at radius 2 is 1.10 bits per heavy atom. The van der Waals surface area contributed by atoms with Gasteiger partial charge in [-0.25, -0.2) is 0 Å². The van der Waals surface area contributed by atoms with Gasteiger partial charge in [-0.3, -0.25) is 0 Å². The monoisotopic (exact) mass is 334 g/mol. The second-order valence-electron chi connectivity index (χ2n) is 5.88. The average Bonchev–Trinajstić information content (AvgIpc) is 2.49. The van der Waals surface area contributed by atoms with Gasteiger partial charge in [0.15, 0.2) is 0 Å². The van der Waals surface area contributed by atoms with Crippen LogP contribution >= 0.6 is 0 Å². The maximum absolute atomic E-state index is 5.65. The molecule has 120 valence electrons. The standard InChI is InChI=1S/C14H34O3Si3/c1-2-3-4-5-6-7-8-9-10-11-12-13-14-20-16-18-15-19-17-20/h20H,2-14,18-19H2,1H3. The summed E-state index contributed by atoms with van der Waals surface area (Å²) in [5.41, 5.74) is 0. The van der Waals surface area contributed by atoms with Crippen LogP contribution < -0.4 is 0 Å². The molecule has 0 amide bonds. The van der Waals surface area contributed by atoms with Crippen LogP contribution in [0.25, 0.3) is 0 Å². The lowest BCUT2D eigenvalue weighted by atomic mass is 10.1. The van der Waals surface area contributed by atoms with E-state index in [1.54, 1.807) is 0 Å². The lowest BCUT2D eigenvalue weighted by molar-refractivity contribution is 0.320. The lowest BCUT2D eigenvalue weighted by Crippen LogP contribution is -2.34. The van der Waals surface area contributed by atoms with Gasteiger partial charge in [0.2, 0.25) is 0 Å². The fraction of sp³-hybridized carbons (Fsp3) is 1.00. The fourth-order valence-corrected chi connectivity index (χ4v) is 9.84. The largest absolute Gasteiger partial charge is 0.425 e. The molecule has 0 saturated carbocycles. The average molecular weight is 335 g/mol. The summed E-state index contributed by atoms with van der Waals surface area (Å²) in [5, 5.41) is 0. The summed E-state index contributed by atoms with van der Waals surface area (Å²) in [5.74, 6) is 0. The number of hydrogen-bond acceptors (Lipinski definition) is 3. The summed E-state index contributed by atoms with van der Waals surface area (Å²) in [4.78, 5) is 0. The molecule has 1 rings (SSSR count). The zero-order valence-electron chi connectivity index (χ0n) is 13.4. The normalized spacial score (nSPS) is 21.8. The van der Waals surface area contributed by atoms with Crippen molar-refractivity contribution in [2.24, 2.45) is 0 Å². The predicted octanol–water partition coefficient (Wildman–Crippen LogP) is 2.97. The van der Waals surface area contributed by atoms with Crippen molar-refractivity contribution in [2.45, 2.75) is 90.0 Å². The summed E-state index contributed by atoms with van der Waals surface area (Å²) in [6.45, 7) is 2.28.